The largest absolute Gasteiger partial charge is 0.378 e. The molecular weight excluding hydrogens is 348 g/mol. The lowest BCUT2D eigenvalue weighted by molar-refractivity contribution is -0.0405. The Morgan fingerprint density at radius 1 is 1.14 bits per heavy atom. The van der Waals surface area contributed by atoms with Gasteiger partial charge in [0, 0.05) is 16.7 Å². The van der Waals surface area contributed by atoms with E-state index < -0.39 is 0 Å². The van der Waals surface area contributed by atoms with Gasteiger partial charge in [-0.25, -0.2) is 0 Å². The van der Waals surface area contributed by atoms with Crippen LogP contribution in [0.25, 0.3) is 0 Å². The van der Waals surface area contributed by atoms with Crippen LogP contribution in [0.5, 0.6) is 0 Å². The molecule has 0 amide bonds. The Kier molecular flexibility index (Phi) is 3.51. The molecule has 0 atom stereocenters. The average molecular weight is 370 g/mol. The molecule has 3 N–H and O–H groups in total. The van der Waals surface area contributed by atoms with E-state index >= 15 is 0 Å². The first-order valence-electron chi connectivity index (χ1n) is 8.04. The van der Waals surface area contributed by atoms with Crippen LogP contribution >= 0.6 is 27.5 Å². The zero-order valence-electron chi connectivity index (χ0n) is 12.1. The van der Waals surface area contributed by atoms with Crippen molar-refractivity contribution >= 4 is 33.2 Å². The molecule has 0 radical (unpaired) electrons. The molecule has 0 unspecified atom stereocenters. The molecule has 114 valence electrons. The number of halogens is 2. The van der Waals surface area contributed by atoms with Crippen LogP contribution in [0.4, 0.5) is 5.69 Å². The summed E-state index contributed by atoms with van der Waals surface area (Å²) in [5, 5.41) is 4.60. The highest BCUT2D eigenvalue weighted by Crippen LogP contribution is 2.58. The van der Waals surface area contributed by atoms with Crippen molar-refractivity contribution in [2.24, 2.45) is 29.4 Å². The van der Waals surface area contributed by atoms with Crippen molar-refractivity contribution in [3.63, 3.8) is 0 Å². The van der Waals surface area contributed by atoms with Crippen LogP contribution in [0, 0.1) is 23.7 Å². The predicted molar refractivity (Wildman–Crippen MR) is 91.6 cm³/mol. The standard InChI is InChI=1S/C17H22BrClN2/c18-15-8-14(1-2-16(15)19)21-17(9-20)12-4-10-3-11(6-12)7-13(17)5-10/h1-2,8,10-13,21H,3-7,9,20H2. The first kappa shape index (κ1) is 14.3. The molecule has 4 aliphatic rings. The second kappa shape index (κ2) is 5.14. The molecule has 1 aromatic carbocycles. The van der Waals surface area contributed by atoms with Crippen molar-refractivity contribution < 1.29 is 0 Å². The normalized spacial score (nSPS) is 40.5. The van der Waals surface area contributed by atoms with Gasteiger partial charge in [-0.15, -0.1) is 0 Å². The number of rotatable bonds is 3. The molecule has 4 fully saturated rings. The summed E-state index contributed by atoms with van der Waals surface area (Å²) < 4.78 is 0.949. The molecular formula is C17H22BrClN2. The minimum atomic E-state index is 0.0979. The maximum Gasteiger partial charge on any atom is 0.0552 e. The van der Waals surface area contributed by atoms with Crippen LogP contribution in [0.3, 0.4) is 0 Å². The van der Waals surface area contributed by atoms with Gasteiger partial charge < -0.3 is 11.1 Å². The van der Waals surface area contributed by atoms with Crippen LogP contribution in [-0.2, 0) is 0 Å². The molecule has 4 bridgehead atoms. The van der Waals surface area contributed by atoms with E-state index in [1.54, 1.807) is 0 Å². The summed E-state index contributed by atoms with van der Waals surface area (Å²) in [6.45, 7) is 0.738. The second-order valence-corrected chi connectivity index (χ2v) is 8.56. The molecule has 0 heterocycles. The summed E-state index contributed by atoms with van der Waals surface area (Å²) in [5.41, 5.74) is 7.54. The molecule has 2 nitrogen and oxygen atoms in total. The molecule has 4 aliphatic carbocycles. The number of anilines is 1. The predicted octanol–water partition coefficient (Wildman–Crippen LogP) is 4.67. The highest BCUT2D eigenvalue weighted by Gasteiger charge is 2.56. The molecule has 4 saturated carbocycles. The van der Waals surface area contributed by atoms with Crippen LogP contribution < -0.4 is 11.1 Å². The zero-order chi connectivity index (χ0) is 14.6. The van der Waals surface area contributed by atoms with Crippen molar-refractivity contribution in [2.45, 2.75) is 37.6 Å². The highest BCUT2D eigenvalue weighted by molar-refractivity contribution is 9.10. The van der Waals surface area contributed by atoms with Gasteiger partial charge in [-0.1, -0.05) is 11.6 Å². The third kappa shape index (κ3) is 2.24. The highest BCUT2D eigenvalue weighted by atomic mass is 79.9. The van der Waals surface area contributed by atoms with Gasteiger partial charge in [0.2, 0.25) is 0 Å². The van der Waals surface area contributed by atoms with Gasteiger partial charge in [0.1, 0.15) is 0 Å². The molecule has 0 aromatic heterocycles. The summed E-state index contributed by atoms with van der Waals surface area (Å²) in [4.78, 5) is 0. The van der Waals surface area contributed by atoms with E-state index in [2.05, 4.69) is 33.4 Å². The number of nitrogens with two attached hydrogens (primary N) is 1. The number of hydrogen-bond donors (Lipinski definition) is 2. The van der Waals surface area contributed by atoms with Crippen LogP contribution in [-0.4, -0.2) is 12.1 Å². The summed E-state index contributed by atoms with van der Waals surface area (Å²) in [6, 6.07) is 6.12. The third-order valence-corrected chi connectivity index (χ3v) is 7.44. The van der Waals surface area contributed by atoms with E-state index in [1.165, 1.54) is 32.1 Å². The minimum Gasteiger partial charge on any atom is -0.378 e. The van der Waals surface area contributed by atoms with Crippen molar-refractivity contribution in [1.82, 2.24) is 0 Å². The molecule has 0 saturated heterocycles. The first-order chi connectivity index (χ1) is 10.1. The van der Waals surface area contributed by atoms with Gasteiger partial charge in [-0.2, -0.15) is 0 Å². The van der Waals surface area contributed by atoms with Crippen LogP contribution in [0.2, 0.25) is 5.02 Å². The maximum absolute atomic E-state index is 6.30. The van der Waals surface area contributed by atoms with Gasteiger partial charge in [-0.3, -0.25) is 0 Å². The Labute approximate surface area is 139 Å². The van der Waals surface area contributed by atoms with Gasteiger partial charge in [-0.05, 0) is 89.9 Å². The second-order valence-electron chi connectivity index (χ2n) is 7.30. The lowest BCUT2D eigenvalue weighted by Crippen LogP contribution is -2.65. The van der Waals surface area contributed by atoms with E-state index in [4.69, 9.17) is 17.3 Å². The van der Waals surface area contributed by atoms with Gasteiger partial charge in [0.05, 0.1) is 10.6 Å². The summed E-state index contributed by atoms with van der Waals surface area (Å²) in [5.74, 6) is 3.42. The Morgan fingerprint density at radius 2 is 1.76 bits per heavy atom. The fraction of sp³-hybridized carbons (Fsp3) is 0.647. The van der Waals surface area contributed by atoms with Crippen LogP contribution in [0.1, 0.15) is 32.1 Å². The first-order valence-corrected chi connectivity index (χ1v) is 9.21. The fourth-order valence-electron chi connectivity index (χ4n) is 5.46. The lowest BCUT2D eigenvalue weighted by Gasteiger charge is -2.61. The third-order valence-electron chi connectivity index (χ3n) is 6.23. The molecule has 1 aromatic rings. The SMILES string of the molecule is NCC1(Nc2ccc(Cl)c(Br)c2)C2CC3CC(C2)CC1C3. The number of benzene rings is 1. The van der Waals surface area contributed by atoms with Gasteiger partial charge in [0.25, 0.3) is 0 Å². The number of hydrogen-bond acceptors (Lipinski definition) is 2. The lowest BCUT2D eigenvalue weighted by atomic mass is 9.48. The van der Waals surface area contributed by atoms with Crippen molar-refractivity contribution in [1.29, 1.82) is 0 Å². The van der Waals surface area contributed by atoms with Gasteiger partial charge in [0.15, 0.2) is 0 Å². The van der Waals surface area contributed by atoms with E-state index in [1.807, 2.05) is 6.07 Å². The van der Waals surface area contributed by atoms with E-state index in [-0.39, 0.29) is 5.54 Å². The Hall–Kier alpha value is -0.250. The van der Waals surface area contributed by atoms with Crippen molar-refractivity contribution in [2.75, 3.05) is 11.9 Å². The van der Waals surface area contributed by atoms with Crippen LogP contribution in [0.15, 0.2) is 22.7 Å². The topological polar surface area (TPSA) is 38.0 Å². The zero-order valence-corrected chi connectivity index (χ0v) is 14.5. The maximum atomic E-state index is 6.30. The smallest absolute Gasteiger partial charge is 0.0552 e. The Bertz CT molecular complexity index is 532. The quantitative estimate of drug-likeness (QED) is 0.812. The monoisotopic (exact) mass is 368 g/mol. The minimum absolute atomic E-state index is 0.0979. The molecule has 0 aliphatic heterocycles. The summed E-state index contributed by atoms with van der Waals surface area (Å²) in [6.07, 6.45) is 6.94. The van der Waals surface area contributed by atoms with Crippen molar-refractivity contribution in [3.05, 3.63) is 27.7 Å². The number of nitrogens with one attached hydrogen (secondary N) is 1. The van der Waals surface area contributed by atoms with E-state index in [9.17, 15) is 0 Å². The van der Waals surface area contributed by atoms with E-state index in [0.29, 0.717) is 0 Å². The van der Waals surface area contributed by atoms with Crippen molar-refractivity contribution in [3.8, 4) is 0 Å². The molecule has 21 heavy (non-hydrogen) atoms. The summed E-state index contributed by atoms with van der Waals surface area (Å²) in [7, 11) is 0. The average Bonchev–Trinajstić information content (AvgIpc) is 2.46. The fourth-order valence-corrected chi connectivity index (χ4v) is 5.95. The molecule has 0 spiro atoms. The Balaban J connectivity index is 1.65. The molecule has 5 rings (SSSR count). The summed E-state index contributed by atoms with van der Waals surface area (Å²) >= 11 is 9.64. The molecule has 4 heteroatoms. The van der Waals surface area contributed by atoms with E-state index in [0.717, 1.165) is 45.4 Å². The Morgan fingerprint density at radius 3 is 2.29 bits per heavy atom. The van der Waals surface area contributed by atoms with Gasteiger partial charge >= 0.3 is 0 Å².